The number of allylic oxidation sites excluding steroid dienone is 5. The third-order valence-corrected chi connectivity index (χ3v) is 5.77. The summed E-state index contributed by atoms with van der Waals surface area (Å²) in [4.78, 5) is 15.3. The lowest BCUT2D eigenvalue weighted by atomic mass is 9.74. The molecule has 1 aliphatic carbocycles. The highest BCUT2D eigenvalue weighted by Crippen LogP contribution is 2.37. The summed E-state index contributed by atoms with van der Waals surface area (Å²) in [5, 5.41) is 12.5. The molecular formula is C25H25N3O2. The van der Waals surface area contributed by atoms with Crippen LogP contribution in [-0.2, 0) is 11.2 Å². The van der Waals surface area contributed by atoms with Crippen LogP contribution in [0.25, 0.3) is 6.08 Å². The lowest BCUT2D eigenvalue weighted by Gasteiger charge is -2.42. The van der Waals surface area contributed by atoms with E-state index in [1.807, 2.05) is 12.1 Å². The molecule has 152 valence electrons. The molecule has 0 bridgehead atoms. The van der Waals surface area contributed by atoms with Gasteiger partial charge in [0.15, 0.2) is 0 Å². The molecule has 0 fully saturated rings. The number of benzene rings is 1. The van der Waals surface area contributed by atoms with E-state index in [0.717, 1.165) is 52.6 Å². The molecular weight excluding hydrogens is 374 g/mol. The quantitative estimate of drug-likeness (QED) is 0.654. The van der Waals surface area contributed by atoms with E-state index in [1.165, 1.54) is 5.56 Å². The highest BCUT2D eigenvalue weighted by Gasteiger charge is 2.43. The van der Waals surface area contributed by atoms with E-state index in [2.05, 4.69) is 60.6 Å². The zero-order valence-electron chi connectivity index (χ0n) is 17.1. The fraction of sp³-hybridized carbons (Fsp3) is 0.200. The Labute approximate surface area is 176 Å². The summed E-state index contributed by atoms with van der Waals surface area (Å²) in [5.41, 5.74) is 14.0. The lowest BCUT2D eigenvalue weighted by Crippen LogP contribution is -2.56. The molecule has 0 radical (unpaired) electrons. The first-order valence-electron chi connectivity index (χ1n) is 10.00. The summed E-state index contributed by atoms with van der Waals surface area (Å²) in [7, 11) is 0. The van der Waals surface area contributed by atoms with Crippen molar-refractivity contribution in [1.82, 2.24) is 5.32 Å². The molecule has 5 nitrogen and oxygen atoms in total. The van der Waals surface area contributed by atoms with E-state index in [4.69, 9.17) is 10.8 Å². The molecule has 3 aliphatic rings. The van der Waals surface area contributed by atoms with Crippen LogP contribution >= 0.6 is 0 Å². The van der Waals surface area contributed by atoms with Crippen LogP contribution in [0.1, 0.15) is 30.0 Å². The Balaban J connectivity index is 1.53. The summed E-state index contributed by atoms with van der Waals surface area (Å²) in [5.74, 6) is -0.943. The predicted molar refractivity (Wildman–Crippen MR) is 121 cm³/mol. The first-order chi connectivity index (χ1) is 14.4. The number of nitrogens with two attached hydrogens (primary N) is 1. The van der Waals surface area contributed by atoms with E-state index in [0.29, 0.717) is 5.70 Å². The number of aliphatic imine (C=N–C) groups is 1. The minimum Gasteiger partial charge on any atom is -0.478 e. The number of rotatable bonds is 5. The van der Waals surface area contributed by atoms with Gasteiger partial charge in [0.05, 0.1) is 17.6 Å². The van der Waals surface area contributed by atoms with Crippen molar-refractivity contribution in [3.63, 3.8) is 0 Å². The number of carboxylic acids is 1. The van der Waals surface area contributed by atoms with Gasteiger partial charge < -0.3 is 16.2 Å². The number of carbonyl (C=O) groups is 1. The summed E-state index contributed by atoms with van der Waals surface area (Å²) >= 11 is 0. The van der Waals surface area contributed by atoms with Gasteiger partial charge in [-0.1, -0.05) is 36.4 Å². The maximum atomic E-state index is 10.7. The Morgan fingerprint density at radius 2 is 2.07 bits per heavy atom. The van der Waals surface area contributed by atoms with Crippen molar-refractivity contribution in [1.29, 1.82) is 0 Å². The fourth-order valence-corrected chi connectivity index (χ4v) is 4.22. The molecule has 1 spiro atoms. The van der Waals surface area contributed by atoms with Gasteiger partial charge in [0, 0.05) is 17.3 Å². The number of dihydropyridines is 1. The van der Waals surface area contributed by atoms with Crippen molar-refractivity contribution in [3.8, 4) is 0 Å². The van der Waals surface area contributed by atoms with Crippen molar-refractivity contribution in [2.45, 2.75) is 32.2 Å². The Bertz CT molecular complexity index is 1130. The van der Waals surface area contributed by atoms with Gasteiger partial charge in [0.1, 0.15) is 5.54 Å². The van der Waals surface area contributed by atoms with Crippen molar-refractivity contribution in [2.24, 2.45) is 10.7 Å². The Morgan fingerprint density at radius 3 is 2.83 bits per heavy atom. The van der Waals surface area contributed by atoms with Crippen molar-refractivity contribution in [3.05, 3.63) is 100 Å². The summed E-state index contributed by atoms with van der Waals surface area (Å²) in [6.07, 6.45) is 16.7. The summed E-state index contributed by atoms with van der Waals surface area (Å²) < 4.78 is 0. The third kappa shape index (κ3) is 3.54. The van der Waals surface area contributed by atoms with Crippen LogP contribution in [0.4, 0.5) is 0 Å². The lowest BCUT2D eigenvalue weighted by molar-refractivity contribution is -0.131. The van der Waals surface area contributed by atoms with Gasteiger partial charge in [-0.3, -0.25) is 4.99 Å². The van der Waals surface area contributed by atoms with Crippen LogP contribution in [0, 0.1) is 6.92 Å². The van der Waals surface area contributed by atoms with Crippen molar-refractivity contribution in [2.75, 3.05) is 0 Å². The second kappa shape index (κ2) is 7.67. The molecule has 2 aliphatic heterocycles. The Hall–Kier alpha value is -3.60. The highest BCUT2D eigenvalue weighted by molar-refractivity contribution is 6.13. The van der Waals surface area contributed by atoms with Gasteiger partial charge in [-0.2, -0.15) is 0 Å². The van der Waals surface area contributed by atoms with E-state index < -0.39 is 11.5 Å². The number of hydrogen-bond acceptors (Lipinski definition) is 4. The largest absolute Gasteiger partial charge is 0.478 e. The zero-order valence-corrected chi connectivity index (χ0v) is 17.1. The molecule has 2 heterocycles. The molecule has 4 N–H and O–H groups in total. The second-order valence-corrected chi connectivity index (χ2v) is 7.83. The molecule has 5 heteroatoms. The maximum absolute atomic E-state index is 10.7. The van der Waals surface area contributed by atoms with Crippen LogP contribution in [0.15, 0.2) is 88.4 Å². The first-order valence-corrected chi connectivity index (χ1v) is 10.00. The topological polar surface area (TPSA) is 87.7 Å². The highest BCUT2D eigenvalue weighted by atomic mass is 16.4. The van der Waals surface area contributed by atoms with Crippen LogP contribution in [-0.4, -0.2) is 22.3 Å². The average molecular weight is 399 g/mol. The molecule has 1 aromatic rings. The summed E-state index contributed by atoms with van der Waals surface area (Å²) in [6.45, 7) is 4.13. The SMILES string of the molecule is CC1=CC=CC23NC(CCc4ccc(C=CC(=O)O)cc4C)=CC=C2C(N)=CN=C13. The fourth-order valence-electron chi connectivity index (χ4n) is 4.22. The monoisotopic (exact) mass is 399 g/mol. The van der Waals surface area contributed by atoms with Crippen LogP contribution < -0.4 is 11.1 Å². The molecule has 0 aromatic heterocycles. The van der Waals surface area contributed by atoms with Gasteiger partial charge in [-0.25, -0.2) is 4.79 Å². The molecule has 1 unspecified atom stereocenters. The van der Waals surface area contributed by atoms with E-state index in [9.17, 15) is 4.79 Å². The van der Waals surface area contributed by atoms with Crippen LogP contribution in [0.2, 0.25) is 0 Å². The number of aryl methyl sites for hydroxylation is 2. The number of nitrogens with one attached hydrogen (secondary N) is 1. The average Bonchev–Trinajstić information content (AvgIpc) is 2.71. The van der Waals surface area contributed by atoms with Gasteiger partial charge in [0.25, 0.3) is 0 Å². The molecule has 1 aromatic carbocycles. The van der Waals surface area contributed by atoms with E-state index >= 15 is 0 Å². The molecule has 0 saturated carbocycles. The van der Waals surface area contributed by atoms with Crippen molar-refractivity contribution < 1.29 is 9.90 Å². The Morgan fingerprint density at radius 1 is 1.23 bits per heavy atom. The van der Waals surface area contributed by atoms with E-state index in [-0.39, 0.29) is 0 Å². The van der Waals surface area contributed by atoms with Crippen LogP contribution in [0.3, 0.4) is 0 Å². The van der Waals surface area contributed by atoms with Gasteiger partial charge in [0.2, 0.25) is 0 Å². The molecule has 30 heavy (non-hydrogen) atoms. The minimum absolute atomic E-state index is 0.498. The number of hydrogen-bond donors (Lipinski definition) is 3. The van der Waals surface area contributed by atoms with Gasteiger partial charge in [-0.05, 0) is 67.2 Å². The smallest absolute Gasteiger partial charge is 0.328 e. The zero-order chi connectivity index (χ0) is 21.3. The maximum Gasteiger partial charge on any atom is 0.328 e. The number of carboxylic acid groups (broad SMARTS) is 1. The Kier molecular flexibility index (Phi) is 5.04. The molecule has 4 rings (SSSR count). The van der Waals surface area contributed by atoms with E-state index in [1.54, 1.807) is 12.3 Å². The van der Waals surface area contributed by atoms with Crippen molar-refractivity contribution >= 4 is 17.8 Å². The number of nitrogens with zero attached hydrogens (tertiary/aromatic N) is 1. The minimum atomic E-state index is -0.943. The number of aliphatic carboxylic acids is 1. The molecule has 0 amide bonds. The second-order valence-electron chi connectivity index (χ2n) is 7.83. The third-order valence-electron chi connectivity index (χ3n) is 5.77. The summed E-state index contributed by atoms with van der Waals surface area (Å²) in [6, 6.07) is 6.04. The van der Waals surface area contributed by atoms with Gasteiger partial charge >= 0.3 is 5.97 Å². The molecule has 0 saturated heterocycles. The standard InChI is InChI=1S/C25H25N3O2/c1-16-4-3-13-25-21(22(26)15-27-24(16)25)11-10-20(28-25)9-8-19-7-5-18(14-17(19)2)6-12-23(29)30/h3-7,10-15,28H,8-9,26H2,1-2H3,(H,29,30). The van der Waals surface area contributed by atoms with Gasteiger partial charge in [-0.15, -0.1) is 0 Å². The molecule has 1 atom stereocenters. The van der Waals surface area contributed by atoms with Crippen LogP contribution in [0.5, 0.6) is 0 Å². The first kappa shape index (κ1) is 19.7. The normalized spacial score (nSPS) is 22.1. The predicted octanol–water partition coefficient (Wildman–Crippen LogP) is 3.95.